The van der Waals surface area contributed by atoms with E-state index in [-0.39, 0.29) is 29.5 Å². The molecule has 2 rings (SSSR count). The smallest absolute Gasteiger partial charge is 0.152 e. The van der Waals surface area contributed by atoms with E-state index < -0.39 is 9.84 Å². The molecule has 0 aliphatic carbocycles. The number of hydrogen-bond donors (Lipinski definition) is 1. The number of rotatable bonds is 3. The van der Waals surface area contributed by atoms with Gasteiger partial charge in [-0.1, -0.05) is 19.1 Å². The van der Waals surface area contributed by atoms with Gasteiger partial charge in [-0.15, -0.1) is 5.10 Å². The summed E-state index contributed by atoms with van der Waals surface area (Å²) >= 11 is 0. The Morgan fingerprint density at radius 1 is 1.53 bits per heavy atom. The van der Waals surface area contributed by atoms with Crippen LogP contribution in [0.4, 0.5) is 0 Å². The first-order chi connectivity index (χ1) is 7.89. The van der Waals surface area contributed by atoms with E-state index in [2.05, 4.69) is 10.3 Å². The molecule has 6 nitrogen and oxygen atoms in total. The third-order valence-electron chi connectivity index (χ3n) is 3.17. The van der Waals surface area contributed by atoms with Crippen molar-refractivity contribution in [3.8, 4) is 0 Å². The number of aromatic nitrogens is 3. The van der Waals surface area contributed by atoms with Crippen LogP contribution in [0.25, 0.3) is 0 Å². The zero-order valence-corrected chi connectivity index (χ0v) is 10.9. The van der Waals surface area contributed by atoms with E-state index in [9.17, 15) is 8.42 Å². The molecule has 0 radical (unpaired) electrons. The van der Waals surface area contributed by atoms with E-state index in [0.29, 0.717) is 6.42 Å². The molecule has 7 heteroatoms. The summed E-state index contributed by atoms with van der Waals surface area (Å²) in [6.07, 6.45) is 2.39. The molecule has 1 aliphatic rings. The molecular formula is C10H18N4O2S. The van der Waals surface area contributed by atoms with Gasteiger partial charge in [-0.25, -0.2) is 13.1 Å². The van der Waals surface area contributed by atoms with Gasteiger partial charge < -0.3 is 5.73 Å². The van der Waals surface area contributed by atoms with Crippen molar-refractivity contribution < 1.29 is 8.42 Å². The lowest BCUT2D eigenvalue weighted by molar-refractivity contribution is 0.484. The lowest BCUT2D eigenvalue weighted by Crippen LogP contribution is -2.17. The fourth-order valence-corrected chi connectivity index (χ4v) is 3.65. The first kappa shape index (κ1) is 12.5. The average Bonchev–Trinajstić information content (AvgIpc) is 2.82. The van der Waals surface area contributed by atoms with Gasteiger partial charge in [0.25, 0.3) is 0 Å². The molecule has 1 saturated heterocycles. The topological polar surface area (TPSA) is 90.9 Å². The predicted molar refractivity (Wildman–Crippen MR) is 64.1 cm³/mol. The summed E-state index contributed by atoms with van der Waals surface area (Å²) in [5.41, 5.74) is 6.70. The minimum atomic E-state index is -2.89. The second kappa shape index (κ2) is 4.38. The quantitative estimate of drug-likeness (QED) is 0.841. The molecule has 0 aromatic carbocycles. The molecule has 2 N–H and O–H groups in total. The van der Waals surface area contributed by atoms with E-state index in [4.69, 9.17) is 5.73 Å². The van der Waals surface area contributed by atoms with Gasteiger partial charge in [-0.3, -0.25) is 0 Å². The molecule has 0 bridgehead atoms. The Morgan fingerprint density at radius 2 is 2.24 bits per heavy atom. The highest BCUT2D eigenvalue weighted by molar-refractivity contribution is 7.91. The molecule has 1 aliphatic heterocycles. The number of nitrogens with zero attached hydrogens (tertiary/aromatic N) is 3. The summed E-state index contributed by atoms with van der Waals surface area (Å²) in [7, 11) is -2.89. The van der Waals surface area contributed by atoms with Gasteiger partial charge in [0.05, 0.1) is 35.5 Å². The van der Waals surface area contributed by atoms with E-state index in [1.807, 2.05) is 13.8 Å². The fourth-order valence-electron chi connectivity index (χ4n) is 1.95. The summed E-state index contributed by atoms with van der Waals surface area (Å²) in [5.74, 6) is 0.683. The second-order valence-electron chi connectivity index (χ2n) is 4.95. The number of hydrogen-bond acceptors (Lipinski definition) is 5. The largest absolute Gasteiger partial charge is 0.322 e. The summed E-state index contributed by atoms with van der Waals surface area (Å²) in [6, 6.07) is -0.234. The molecular weight excluding hydrogens is 240 g/mol. The standard InChI is InChI=1S/C10H18N4O2S/c1-7(2)10(11)9-5-14(13-12-9)8-3-4-17(15,16)6-8/h5,7-8,10H,3-4,6,11H2,1-2H3. The third-order valence-corrected chi connectivity index (χ3v) is 4.92. The molecule has 0 spiro atoms. The lowest BCUT2D eigenvalue weighted by atomic mass is 10.0. The van der Waals surface area contributed by atoms with Crippen molar-refractivity contribution >= 4 is 9.84 Å². The Morgan fingerprint density at radius 3 is 2.76 bits per heavy atom. The molecule has 1 aromatic rings. The van der Waals surface area contributed by atoms with Crippen molar-refractivity contribution in [2.45, 2.75) is 32.4 Å². The van der Waals surface area contributed by atoms with Crippen molar-refractivity contribution in [3.63, 3.8) is 0 Å². The van der Waals surface area contributed by atoms with Crippen molar-refractivity contribution in [2.24, 2.45) is 11.7 Å². The van der Waals surface area contributed by atoms with Crippen LogP contribution in [-0.2, 0) is 9.84 Å². The lowest BCUT2D eigenvalue weighted by Gasteiger charge is -2.11. The molecule has 96 valence electrons. The minimum Gasteiger partial charge on any atom is -0.322 e. The van der Waals surface area contributed by atoms with Gasteiger partial charge in [-0.2, -0.15) is 0 Å². The van der Waals surface area contributed by atoms with Crippen LogP contribution >= 0.6 is 0 Å². The molecule has 17 heavy (non-hydrogen) atoms. The SMILES string of the molecule is CC(C)C(N)c1cn(C2CCS(=O)(=O)C2)nn1. The van der Waals surface area contributed by atoms with Crippen LogP contribution in [0.5, 0.6) is 0 Å². The zero-order valence-electron chi connectivity index (χ0n) is 10.1. The summed E-state index contributed by atoms with van der Waals surface area (Å²) in [5, 5.41) is 8.01. The van der Waals surface area contributed by atoms with Gasteiger partial charge in [0.2, 0.25) is 0 Å². The van der Waals surface area contributed by atoms with Crippen LogP contribution in [0.1, 0.15) is 38.0 Å². The van der Waals surface area contributed by atoms with Crippen LogP contribution in [0.15, 0.2) is 6.20 Å². The van der Waals surface area contributed by atoms with Crippen LogP contribution < -0.4 is 5.73 Å². The predicted octanol–water partition coefficient (Wildman–Crippen LogP) is 0.293. The van der Waals surface area contributed by atoms with Gasteiger partial charge in [0.15, 0.2) is 9.84 Å². The molecule has 0 saturated carbocycles. The molecule has 2 heterocycles. The molecule has 2 atom stereocenters. The molecule has 2 unspecified atom stereocenters. The summed E-state index contributed by atoms with van der Waals surface area (Å²) in [6.45, 7) is 4.04. The van der Waals surface area contributed by atoms with Crippen LogP contribution in [0.3, 0.4) is 0 Å². The molecule has 1 fully saturated rings. The Kier molecular flexibility index (Phi) is 3.22. The third kappa shape index (κ3) is 2.66. The van der Waals surface area contributed by atoms with Gasteiger partial charge in [0.1, 0.15) is 0 Å². The highest BCUT2D eigenvalue weighted by Gasteiger charge is 2.30. The van der Waals surface area contributed by atoms with Gasteiger partial charge in [0, 0.05) is 0 Å². The van der Waals surface area contributed by atoms with Crippen LogP contribution in [0.2, 0.25) is 0 Å². The van der Waals surface area contributed by atoms with Crippen molar-refractivity contribution in [2.75, 3.05) is 11.5 Å². The first-order valence-corrected chi connectivity index (χ1v) is 7.59. The maximum atomic E-state index is 11.4. The van der Waals surface area contributed by atoms with Crippen LogP contribution in [0, 0.1) is 5.92 Å². The molecule has 0 amide bonds. The summed E-state index contributed by atoms with van der Waals surface area (Å²) in [4.78, 5) is 0. The average molecular weight is 258 g/mol. The Hall–Kier alpha value is -0.950. The normalized spacial score (nSPS) is 25.3. The Bertz CT molecular complexity index is 494. The van der Waals surface area contributed by atoms with Crippen molar-refractivity contribution in [3.05, 3.63) is 11.9 Å². The minimum absolute atomic E-state index is 0.0828. The van der Waals surface area contributed by atoms with E-state index in [0.717, 1.165) is 5.69 Å². The zero-order chi connectivity index (χ0) is 12.6. The maximum absolute atomic E-state index is 11.4. The second-order valence-corrected chi connectivity index (χ2v) is 7.18. The highest BCUT2D eigenvalue weighted by Crippen LogP contribution is 2.24. The number of sulfone groups is 1. The van der Waals surface area contributed by atoms with Crippen LogP contribution in [-0.4, -0.2) is 34.9 Å². The first-order valence-electron chi connectivity index (χ1n) is 5.77. The Balaban J connectivity index is 2.14. The van der Waals surface area contributed by atoms with Crippen molar-refractivity contribution in [1.29, 1.82) is 0 Å². The van der Waals surface area contributed by atoms with E-state index in [1.165, 1.54) is 0 Å². The van der Waals surface area contributed by atoms with E-state index >= 15 is 0 Å². The highest BCUT2D eigenvalue weighted by atomic mass is 32.2. The fraction of sp³-hybridized carbons (Fsp3) is 0.800. The monoisotopic (exact) mass is 258 g/mol. The van der Waals surface area contributed by atoms with Gasteiger partial charge in [-0.05, 0) is 12.3 Å². The van der Waals surface area contributed by atoms with Gasteiger partial charge >= 0.3 is 0 Å². The van der Waals surface area contributed by atoms with E-state index in [1.54, 1.807) is 10.9 Å². The maximum Gasteiger partial charge on any atom is 0.152 e. The summed E-state index contributed by atoms with van der Waals surface area (Å²) < 4.78 is 24.4. The molecule has 1 aromatic heterocycles. The number of nitrogens with two attached hydrogens (primary N) is 1. The van der Waals surface area contributed by atoms with Crippen molar-refractivity contribution in [1.82, 2.24) is 15.0 Å². The Labute approximate surface area is 101 Å².